The average molecular weight is 358 g/mol. The van der Waals surface area contributed by atoms with Crippen molar-refractivity contribution in [2.45, 2.75) is 12.3 Å². The van der Waals surface area contributed by atoms with Gasteiger partial charge in [0.2, 0.25) is 11.8 Å². The maximum atomic E-state index is 13.2. The molecule has 0 spiro atoms. The predicted octanol–water partition coefficient (Wildman–Crippen LogP) is 2.54. The number of ether oxygens (including phenoxy) is 2. The number of esters is 1. The zero-order valence-electron chi connectivity index (χ0n) is 14.5. The maximum absolute atomic E-state index is 13.2. The number of piperidine rings is 1. The fourth-order valence-electron chi connectivity index (χ4n) is 3.21. The van der Waals surface area contributed by atoms with Crippen molar-refractivity contribution in [3.8, 4) is 5.88 Å². The molecule has 136 valence electrons. The van der Waals surface area contributed by atoms with Crippen LogP contribution in [0.3, 0.4) is 0 Å². The van der Waals surface area contributed by atoms with Crippen LogP contribution in [0.25, 0.3) is 0 Å². The first-order valence-electron chi connectivity index (χ1n) is 8.17. The van der Waals surface area contributed by atoms with E-state index in [2.05, 4.69) is 4.98 Å². The highest BCUT2D eigenvalue weighted by molar-refractivity contribution is 5.97. The van der Waals surface area contributed by atoms with Gasteiger partial charge in [0.1, 0.15) is 5.82 Å². The van der Waals surface area contributed by atoms with E-state index in [-0.39, 0.29) is 30.6 Å². The molecule has 2 atom stereocenters. The third-order valence-corrected chi connectivity index (χ3v) is 4.60. The van der Waals surface area contributed by atoms with Crippen molar-refractivity contribution in [2.75, 3.05) is 25.7 Å². The number of aromatic nitrogens is 1. The van der Waals surface area contributed by atoms with Crippen molar-refractivity contribution < 1.29 is 23.5 Å². The van der Waals surface area contributed by atoms with Crippen molar-refractivity contribution >= 4 is 17.6 Å². The Morgan fingerprint density at radius 1 is 1.19 bits per heavy atom. The van der Waals surface area contributed by atoms with Crippen LogP contribution >= 0.6 is 0 Å². The number of amides is 1. The van der Waals surface area contributed by atoms with Gasteiger partial charge < -0.3 is 14.4 Å². The minimum atomic E-state index is -0.598. The minimum absolute atomic E-state index is 0.0146. The van der Waals surface area contributed by atoms with Crippen LogP contribution in [0.5, 0.6) is 5.88 Å². The Balaban J connectivity index is 1.94. The van der Waals surface area contributed by atoms with Gasteiger partial charge in [-0.2, -0.15) is 0 Å². The van der Waals surface area contributed by atoms with Crippen LogP contribution in [-0.4, -0.2) is 37.6 Å². The molecule has 1 saturated heterocycles. The number of hydrogen-bond acceptors (Lipinski definition) is 5. The third kappa shape index (κ3) is 3.51. The summed E-state index contributed by atoms with van der Waals surface area (Å²) in [6, 6.07) is 9.25. The summed E-state index contributed by atoms with van der Waals surface area (Å²) in [5.74, 6) is -1.43. The summed E-state index contributed by atoms with van der Waals surface area (Å²) in [7, 11) is 2.83. The molecule has 1 aromatic heterocycles. The van der Waals surface area contributed by atoms with Gasteiger partial charge in [-0.05, 0) is 29.8 Å². The van der Waals surface area contributed by atoms with Crippen LogP contribution in [0.2, 0.25) is 0 Å². The first-order chi connectivity index (χ1) is 12.5. The highest BCUT2D eigenvalue weighted by atomic mass is 19.1. The molecule has 1 amide bonds. The van der Waals surface area contributed by atoms with Gasteiger partial charge in [-0.15, -0.1) is 0 Å². The minimum Gasteiger partial charge on any atom is -0.481 e. The number of rotatable bonds is 4. The number of anilines is 1. The Morgan fingerprint density at radius 2 is 1.92 bits per heavy atom. The smallest absolute Gasteiger partial charge is 0.309 e. The molecular formula is C19H19FN2O4. The van der Waals surface area contributed by atoms with E-state index in [9.17, 15) is 14.0 Å². The van der Waals surface area contributed by atoms with E-state index < -0.39 is 11.9 Å². The molecule has 6 nitrogen and oxygen atoms in total. The second-order valence-corrected chi connectivity index (χ2v) is 6.05. The summed E-state index contributed by atoms with van der Waals surface area (Å²) in [5, 5.41) is 0. The van der Waals surface area contributed by atoms with E-state index >= 15 is 0 Å². The highest BCUT2D eigenvalue weighted by Crippen LogP contribution is 2.36. The second-order valence-electron chi connectivity index (χ2n) is 6.05. The lowest BCUT2D eigenvalue weighted by atomic mass is 9.80. The molecule has 7 heteroatoms. The summed E-state index contributed by atoms with van der Waals surface area (Å²) in [5.41, 5.74) is 1.40. The molecule has 0 bridgehead atoms. The number of pyridine rings is 1. The van der Waals surface area contributed by atoms with E-state index in [4.69, 9.17) is 9.47 Å². The number of methoxy groups -OCH3 is 2. The number of carbonyl (C=O) groups excluding carboxylic acids is 2. The van der Waals surface area contributed by atoms with Crippen LogP contribution < -0.4 is 9.64 Å². The van der Waals surface area contributed by atoms with Crippen molar-refractivity contribution in [1.29, 1.82) is 0 Å². The van der Waals surface area contributed by atoms with Crippen molar-refractivity contribution in [3.63, 3.8) is 0 Å². The Labute approximate surface area is 150 Å². The van der Waals surface area contributed by atoms with Gasteiger partial charge in [0.25, 0.3) is 0 Å². The molecule has 1 aliphatic heterocycles. The van der Waals surface area contributed by atoms with Crippen LogP contribution in [0, 0.1) is 11.7 Å². The zero-order chi connectivity index (χ0) is 18.7. The van der Waals surface area contributed by atoms with Crippen LogP contribution in [0.1, 0.15) is 17.9 Å². The molecule has 1 fully saturated rings. The number of benzene rings is 1. The maximum Gasteiger partial charge on any atom is 0.309 e. The summed E-state index contributed by atoms with van der Waals surface area (Å²) >= 11 is 0. The van der Waals surface area contributed by atoms with Gasteiger partial charge >= 0.3 is 5.97 Å². The van der Waals surface area contributed by atoms with Crippen LogP contribution in [0.4, 0.5) is 10.1 Å². The number of halogens is 1. The summed E-state index contributed by atoms with van der Waals surface area (Å²) in [4.78, 5) is 30.6. The van der Waals surface area contributed by atoms with Gasteiger partial charge in [0, 0.05) is 36.8 Å². The van der Waals surface area contributed by atoms with Crippen molar-refractivity contribution in [2.24, 2.45) is 5.92 Å². The SMILES string of the molecule is COC(=O)C1CC(=O)N(c2ccc(F)cc2)CC1c1ccc(OC)nc1. The van der Waals surface area contributed by atoms with Crippen molar-refractivity contribution in [3.05, 3.63) is 54.0 Å². The van der Waals surface area contributed by atoms with Gasteiger partial charge in [-0.1, -0.05) is 6.07 Å². The molecule has 2 aromatic rings. The number of hydrogen-bond donors (Lipinski definition) is 0. The van der Waals surface area contributed by atoms with E-state index in [0.29, 0.717) is 11.6 Å². The fourth-order valence-corrected chi connectivity index (χ4v) is 3.21. The lowest BCUT2D eigenvalue weighted by molar-refractivity contribution is -0.149. The summed E-state index contributed by atoms with van der Waals surface area (Å²) in [6.45, 7) is 0.276. The first kappa shape index (κ1) is 17.8. The lowest BCUT2D eigenvalue weighted by Crippen LogP contribution is -2.46. The molecule has 26 heavy (non-hydrogen) atoms. The van der Waals surface area contributed by atoms with Gasteiger partial charge in [-0.25, -0.2) is 9.37 Å². The number of carbonyl (C=O) groups is 2. The molecule has 0 saturated carbocycles. The fraction of sp³-hybridized carbons (Fsp3) is 0.316. The van der Waals surface area contributed by atoms with Crippen LogP contribution in [-0.2, 0) is 14.3 Å². The Bertz CT molecular complexity index is 792. The molecule has 0 aliphatic carbocycles. The topological polar surface area (TPSA) is 68.7 Å². The Kier molecular flexibility index (Phi) is 5.16. The zero-order valence-corrected chi connectivity index (χ0v) is 14.5. The molecule has 2 unspecified atom stereocenters. The van der Waals surface area contributed by atoms with Gasteiger partial charge in [0.05, 0.1) is 20.1 Å². The number of nitrogens with zero attached hydrogens (tertiary/aromatic N) is 2. The lowest BCUT2D eigenvalue weighted by Gasteiger charge is -2.37. The van der Waals surface area contributed by atoms with E-state index in [1.54, 1.807) is 29.3 Å². The molecule has 0 N–H and O–H groups in total. The van der Waals surface area contributed by atoms with E-state index in [0.717, 1.165) is 5.56 Å². The molecule has 1 aliphatic rings. The largest absolute Gasteiger partial charge is 0.481 e. The first-order valence-corrected chi connectivity index (χ1v) is 8.17. The van der Waals surface area contributed by atoms with E-state index in [1.807, 2.05) is 6.07 Å². The molecule has 3 rings (SSSR count). The average Bonchev–Trinajstić information content (AvgIpc) is 2.68. The van der Waals surface area contributed by atoms with Gasteiger partial charge in [0.15, 0.2) is 0 Å². The third-order valence-electron chi connectivity index (χ3n) is 4.60. The van der Waals surface area contributed by atoms with Crippen LogP contribution in [0.15, 0.2) is 42.6 Å². The van der Waals surface area contributed by atoms with E-state index in [1.165, 1.54) is 26.4 Å². The molecule has 0 radical (unpaired) electrons. The predicted molar refractivity (Wildman–Crippen MR) is 92.4 cm³/mol. The Hall–Kier alpha value is -2.96. The highest BCUT2D eigenvalue weighted by Gasteiger charge is 2.40. The van der Waals surface area contributed by atoms with Gasteiger partial charge in [-0.3, -0.25) is 9.59 Å². The molecular weight excluding hydrogens is 339 g/mol. The monoisotopic (exact) mass is 358 g/mol. The quantitative estimate of drug-likeness (QED) is 0.786. The van der Waals surface area contributed by atoms with Crippen molar-refractivity contribution in [1.82, 2.24) is 4.98 Å². The summed E-state index contributed by atoms with van der Waals surface area (Å²) in [6.07, 6.45) is 1.65. The standard InChI is InChI=1S/C19H19FN2O4/c1-25-17-8-3-12(10-21-17)16-11-22(14-6-4-13(20)5-7-14)18(23)9-15(16)19(24)26-2/h3-8,10,15-16H,9,11H2,1-2H3. The second kappa shape index (κ2) is 7.51. The molecule has 1 aromatic carbocycles. The molecule has 2 heterocycles. The summed E-state index contributed by atoms with van der Waals surface area (Å²) < 4.78 is 23.1. The normalized spacial score (nSPS) is 20.0. The Morgan fingerprint density at radius 3 is 2.50 bits per heavy atom.